The lowest BCUT2D eigenvalue weighted by atomic mass is 10.0. The van der Waals surface area contributed by atoms with Gasteiger partial charge in [-0.3, -0.25) is 14.3 Å². The van der Waals surface area contributed by atoms with Gasteiger partial charge in [0.05, 0.1) is 23.3 Å². The first-order chi connectivity index (χ1) is 12.4. The largest absolute Gasteiger partial charge is 0.349 e. The summed E-state index contributed by atoms with van der Waals surface area (Å²) < 4.78 is 3.82. The standard InChI is InChI=1S/C18H20BrN5O2/c1-11(2)17-15-8-12(19)4-5-14(15)18(26)24(22-17)10-16(25)20-9-13-6-7-21-23(13)3/h4-8,11H,9-10H2,1-3H3,(H,20,25). The molecule has 1 N–H and O–H groups in total. The normalized spacial score (nSPS) is 11.3. The molecular weight excluding hydrogens is 398 g/mol. The molecule has 0 saturated heterocycles. The summed E-state index contributed by atoms with van der Waals surface area (Å²) >= 11 is 3.44. The quantitative estimate of drug-likeness (QED) is 0.690. The minimum absolute atomic E-state index is 0.121. The van der Waals surface area contributed by atoms with E-state index in [-0.39, 0.29) is 23.9 Å². The fourth-order valence-corrected chi connectivity index (χ4v) is 3.13. The number of aryl methyl sites for hydroxylation is 1. The topological polar surface area (TPSA) is 81.8 Å². The second kappa shape index (κ2) is 7.41. The van der Waals surface area contributed by atoms with Crippen LogP contribution in [0.15, 0.2) is 39.7 Å². The van der Waals surface area contributed by atoms with Crippen LogP contribution in [0.3, 0.4) is 0 Å². The summed E-state index contributed by atoms with van der Waals surface area (Å²) in [5, 5.41) is 12.7. The van der Waals surface area contributed by atoms with Gasteiger partial charge in [-0.15, -0.1) is 0 Å². The van der Waals surface area contributed by atoms with Crippen LogP contribution in [-0.2, 0) is 24.9 Å². The fraction of sp³-hybridized carbons (Fsp3) is 0.333. The van der Waals surface area contributed by atoms with Crippen LogP contribution in [0.2, 0.25) is 0 Å². The van der Waals surface area contributed by atoms with Crippen LogP contribution >= 0.6 is 15.9 Å². The first-order valence-corrected chi connectivity index (χ1v) is 9.10. The lowest BCUT2D eigenvalue weighted by Gasteiger charge is -2.13. The van der Waals surface area contributed by atoms with Gasteiger partial charge in [0, 0.05) is 23.1 Å². The number of benzene rings is 1. The monoisotopic (exact) mass is 417 g/mol. The molecule has 0 aliphatic carbocycles. The third kappa shape index (κ3) is 3.70. The van der Waals surface area contributed by atoms with Gasteiger partial charge >= 0.3 is 0 Å². The zero-order valence-electron chi connectivity index (χ0n) is 14.9. The molecule has 7 nitrogen and oxygen atoms in total. The van der Waals surface area contributed by atoms with Crippen molar-refractivity contribution in [3.05, 3.63) is 56.7 Å². The highest BCUT2D eigenvalue weighted by Gasteiger charge is 2.15. The molecule has 0 bridgehead atoms. The van der Waals surface area contributed by atoms with E-state index in [4.69, 9.17) is 0 Å². The molecule has 1 aromatic carbocycles. The van der Waals surface area contributed by atoms with E-state index in [0.717, 1.165) is 21.2 Å². The van der Waals surface area contributed by atoms with Gasteiger partial charge in [-0.25, -0.2) is 4.68 Å². The molecule has 26 heavy (non-hydrogen) atoms. The van der Waals surface area contributed by atoms with Crippen molar-refractivity contribution < 1.29 is 4.79 Å². The number of hydrogen-bond donors (Lipinski definition) is 1. The Labute approximate surface area is 159 Å². The Morgan fingerprint density at radius 2 is 2.04 bits per heavy atom. The molecule has 0 fully saturated rings. The van der Waals surface area contributed by atoms with Crippen molar-refractivity contribution in [2.75, 3.05) is 0 Å². The second-order valence-electron chi connectivity index (χ2n) is 6.42. The summed E-state index contributed by atoms with van der Waals surface area (Å²) in [6.07, 6.45) is 1.67. The highest BCUT2D eigenvalue weighted by molar-refractivity contribution is 9.10. The summed E-state index contributed by atoms with van der Waals surface area (Å²) in [6, 6.07) is 7.31. The third-order valence-corrected chi connectivity index (χ3v) is 4.67. The summed E-state index contributed by atoms with van der Waals surface area (Å²) in [4.78, 5) is 25.0. The molecule has 1 amide bonds. The van der Waals surface area contributed by atoms with Crippen molar-refractivity contribution in [1.82, 2.24) is 24.9 Å². The molecule has 8 heteroatoms. The molecule has 136 valence electrons. The smallest absolute Gasteiger partial charge is 0.275 e. The van der Waals surface area contributed by atoms with Gasteiger partial charge in [-0.2, -0.15) is 10.2 Å². The highest BCUT2D eigenvalue weighted by atomic mass is 79.9. The summed E-state index contributed by atoms with van der Waals surface area (Å²) in [5.41, 5.74) is 1.40. The summed E-state index contributed by atoms with van der Waals surface area (Å²) in [5.74, 6) is -0.150. The molecule has 0 saturated carbocycles. The van der Waals surface area contributed by atoms with Crippen LogP contribution in [-0.4, -0.2) is 25.5 Å². The Morgan fingerprint density at radius 1 is 1.27 bits per heavy atom. The molecule has 0 radical (unpaired) electrons. The number of carbonyl (C=O) groups is 1. The number of carbonyl (C=O) groups excluding carboxylic acids is 1. The van der Waals surface area contributed by atoms with Crippen LogP contribution in [0.1, 0.15) is 31.2 Å². The Kier molecular flexibility index (Phi) is 5.22. The summed E-state index contributed by atoms with van der Waals surface area (Å²) in [6.45, 7) is 4.25. The number of nitrogens with one attached hydrogen (secondary N) is 1. The van der Waals surface area contributed by atoms with Crippen molar-refractivity contribution >= 4 is 32.6 Å². The van der Waals surface area contributed by atoms with Crippen LogP contribution < -0.4 is 10.9 Å². The minimum Gasteiger partial charge on any atom is -0.349 e. The minimum atomic E-state index is -0.271. The summed E-state index contributed by atoms with van der Waals surface area (Å²) in [7, 11) is 1.81. The van der Waals surface area contributed by atoms with Gasteiger partial charge < -0.3 is 5.32 Å². The Balaban J connectivity index is 1.89. The van der Waals surface area contributed by atoms with E-state index < -0.39 is 0 Å². The van der Waals surface area contributed by atoms with Gasteiger partial charge in [-0.1, -0.05) is 29.8 Å². The zero-order valence-corrected chi connectivity index (χ0v) is 16.4. The molecule has 3 aromatic rings. The molecule has 2 heterocycles. The lowest BCUT2D eigenvalue weighted by molar-refractivity contribution is -0.122. The Hall–Kier alpha value is -2.48. The van der Waals surface area contributed by atoms with Crippen molar-refractivity contribution in [2.45, 2.75) is 32.9 Å². The third-order valence-electron chi connectivity index (χ3n) is 4.18. The van der Waals surface area contributed by atoms with Gasteiger partial charge in [0.25, 0.3) is 5.56 Å². The van der Waals surface area contributed by atoms with E-state index in [1.807, 2.05) is 39.1 Å². The van der Waals surface area contributed by atoms with Crippen LogP contribution in [0.25, 0.3) is 10.8 Å². The molecular formula is C18H20BrN5O2. The van der Waals surface area contributed by atoms with E-state index in [0.29, 0.717) is 11.9 Å². The zero-order chi connectivity index (χ0) is 18.8. The fourth-order valence-electron chi connectivity index (χ4n) is 2.77. The van der Waals surface area contributed by atoms with Crippen LogP contribution in [0.5, 0.6) is 0 Å². The van der Waals surface area contributed by atoms with E-state index >= 15 is 0 Å². The molecule has 0 unspecified atom stereocenters. The van der Waals surface area contributed by atoms with E-state index in [1.165, 1.54) is 4.68 Å². The average molecular weight is 418 g/mol. The average Bonchev–Trinajstić information content (AvgIpc) is 3.00. The van der Waals surface area contributed by atoms with Gasteiger partial charge in [0.2, 0.25) is 5.91 Å². The second-order valence-corrected chi connectivity index (χ2v) is 7.33. The first-order valence-electron chi connectivity index (χ1n) is 8.30. The molecule has 3 rings (SSSR count). The Morgan fingerprint density at radius 3 is 2.69 bits per heavy atom. The maximum Gasteiger partial charge on any atom is 0.275 e. The molecule has 0 atom stereocenters. The van der Waals surface area contributed by atoms with E-state index in [2.05, 4.69) is 31.4 Å². The SMILES string of the molecule is CC(C)c1nn(CC(=O)NCc2ccnn2C)c(=O)c2ccc(Br)cc12. The number of fused-ring (bicyclic) bond motifs is 1. The first kappa shape index (κ1) is 18.3. The number of rotatable bonds is 5. The number of nitrogens with zero attached hydrogens (tertiary/aromatic N) is 4. The van der Waals surface area contributed by atoms with Crippen LogP contribution in [0.4, 0.5) is 0 Å². The van der Waals surface area contributed by atoms with E-state index in [9.17, 15) is 9.59 Å². The van der Waals surface area contributed by atoms with Crippen molar-refractivity contribution in [3.63, 3.8) is 0 Å². The predicted molar refractivity (Wildman–Crippen MR) is 103 cm³/mol. The van der Waals surface area contributed by atoms with Gasteiger partial charge in [0.1, 0.15) is 6.54 Å². The Bertz CT molecular complexity index is 1020. The highest BCUT2D eigenvalue weighted by Crippen LogP contribution is 2.24. The molecule has 0 aliphatic heterocycles. The predicted octanol–water partition coefficient (Wildman–Crippen LogP) is 2.33. The maximum absolute atomic E-state index is 12.7. The van der Waals surface area contributed by atoms with Crippen LogP contribution in [0, 0.1) is 0 Å². The van der Waals surface area contributed by atoms with Crippen molar-refractivity contribution in [2.24, 2.45) is 7.05 Å². The van der Waals surface area contributed by atoms with Crippen molar-refractivity contribution in [1.29, 1.82) is 0 Å². The molecule has 0 aliphatic rings. The lowest BCUT2D eigenvalue weighted by Crippen LogP contribution is -2.34. The van der Waals surface area contributed by atoms with Gasteiger partial charge in [0.15, 0.2) is 0 Å². The van der Waals surface area contributed by atoms with Crippen molar-refractivity contribution in [3.8, 4) is 0 Å². The number of halogens is 1. The molecule has 2 aromatic heterocycles. The van der Waals surface area contributed by atoms with E-state index in [1.54, 1.807) is 16.9 Å². The maximum atomic E-state index is 12.7. The van der Waals surface area contributed by atoms with Gasteiger partial charge in [-0.05, 0) is 30.2 Å². The number of amides is 1. The molecule has 0 spiro atoms. The number of hydrogen-bond acceptors (Lipinski definition) is 4. The number of aromatic nitrogens is 4.